The molecule has 1 aliphatic rings. The molecule has 4 nitrogen and oxygen atoms in total. The molecule has 1 heterocycles. The third-order valence-electron chi connectivity index (χ3n) is 5.36. The fourth-order valence-corrected chi connectivity index (χ4v) is 3.88. The maximum absolute atomic E-state index is 6.23. The van der Waals surface area contributed by atoms with Crippen LogP contribution in [0.3, 0.4) is 0 Å². The molecule has 0 aromatic carbocycles. The molecule has 2 rings (SSSR count). The molecule has 0 bridgehead atoms. The molecular weight excluding hydrogens is 282 g/mol. The predicted molar refractivity (Wildman–Crippen MR) is 88.2 cm³/mol. The monoisotopic (exact) mass is 311 g/mol. The summed E-state index contributed by atoms with van der Waals surface area (Å²) in [5, 5.41) is 4.80. The van der Waals surface area contributed by atoms with Crippen molar-refractivity contribution in [2.75, 3.05) is 0 Å². The van der Waals surface area contributed by atoms with E-state index in [1.807, 2.05) is 11.8 Å². The van der Waals surface area contributed by atoms with E-state index < -0.39 is 0 Å². The van der Waals surface area contributed by atoms with Gasteiger partial charge in [0.2, 0.25) is 5.89 Å². The van der Waals surface area contributed by atoms with Crippen molar-refractivity contribution in [3.05, 3.63) is 11.7 Å². The Bertz CT molecular complexity index is 460. The van der Waals surface area contributed by atoms with Crippen LogP contribution in [0.2, 0.25) is 0 Å². The van der Waals surface area contributed by atoms with E-state index in [0.29, 0.717) is 17.1 Å². The first-order valence-corrected chi connectivity index (χ1v) is 9.10. The van der Waals surface area contributed by atoms with Gasteiger partial charge in [0.05, 0.1) is 5.75 Å². The Balaban J connectivity index is 2.06. The lowest BCUT2D eigenvalue weighted by Crippen LogP contribution is -2.45. The van der Waals surface area contributed by atoms with Crippen LogP contribution >= 0.6 is 11.8 Å². The van der Waals surface area contributed by atoms with Crippen LogP contribution in [0.25, 0.3) is 0 Å². The van der Waals surface area contributed by atoms with Crippen LogP contribution in [0, 0.1) is 11.3 Å². The SMILES string of the molecule is CCC(C)SCc1noc(C2CCC(N)C(C)C2(C)C)n1. The second kappa shape index (κ2) is 6.69. The van der Waals surface area contributed by atoms with Crippen molar-refractivity contribution >= 4 is 11.8 Å². The molecule has 4 atom stereocenters. The van der Waals surface area contributed by atoms with Gasteiger partial charge < -0.3 is 10.3 Å². The fourth-order valence-electron chi connectivity index (χ4n) is 3.09. The van der Waals surface area contributed by atoms with Crippen molar-refractivity contribution in [2.45, 2.75) is 76.8 Å². The first-order chi connectivity index (χ1) is 9.86. The smallest absolute Gasteiger partial charge is 0.230 e. The summed E-state index contributed by atoms with van der Waals surface area (Å²) in [5.74, 6) is 3.25. The Morgan fingerprint density at radius 2 is 2.14 bits per heavy atom. The van der Waals surface area contributed by atoms with E-state index in [4.69, 9.17) is 10.3 Å². The van der Waals surface area contributed by atoms with Crippen molar-refractivity contribution in [2.24, 2.45) is 17.1 Å². The average molecular weight is 311 g/mol. The average Bonchev–Trinajstić information content (AvgIpc) is 2.90. The fraction of sp³-hybridized carbons (Fsp3) is 0.875. The first kappa shape index (κ1) is 16.8. The van der Waals surface area contributed by atoms with E-state index in [2.05, 4.69) is 44.8 Å². The predicted octanol–water partition coefficient (Wildman–Crippen LogP) is 3.97. The summed E-state index contributed by atoms with van der Waals surface area (Å²) in [6, 6.07) is 0.277. The number of hydrogen-bond acceptors (Lipinski definition) is 5. The molecule has 1 aromatic rings. The zero-order valence-corrected chi connectivity index (χ0v) is 14.7. The first-order valence-electron chi connectivity index (χ1n) is 8.05. The van der Waals surface area contributed by atoms with Gasteiger partial charge in [0, 0.05) is 17.2 Å². The third-order valence-corrected chi connectivity index (χ3v) is 6.68. The zero-order chi connectivity index (χ0) is 15.6. The Morgan fingerprint density at radius 1 is 1.43 bits per heavy atom. The summed E-state index contributed by atoms with van der Waals surface area (Å²) >= 11 is 1.89. The minimum absolute atomic E-state index is 0.103. The number of nitrogens with zero attached hydrogens (tertiary/aromatic N) is 2. The molecule has 21 heavy (non-hydrogen) atoms. The Hall–Kier alpha value is -0.550. The minimum Gasteiger partial charge on any atom is -0.339 e. The van der Waals surface area contributed by atoms with Gasteiger partial charge in [-0.05, 0) is 30.6 Å². The third kappa shape index (κ3) is 3.62. The van der Waals surface area contributed by atoms with Crippen LogP contribution in [-0.2, 0) is 5.75 Å². The molecule has 2 N–H and O–H groups in total. The standard InChI is InChI=1S/C16H29N3OS/c1-6-10(2)21-9-14-18-15(20-19-14)12-7-8-13(17)11(3)16(12,4)5/h10-13H,6-9,17H2,1-5H3. The molecule has 1 fully saturated rings. The number of rotatable bonds is 5. The number of hydrogen-bond donors (Lipinski definition) is 1. The lowest BCUT2D eigenvalue weighted by molar-refractivity contribution is 0.0806. The minimum atomic E-state index is 0.103. The second-order valence-corrected chi connectivity index (χ2v) is 8.41. The molecule has 4 unspecified atom stereocenters. The maximum Gasteiger partial charge on any atom is 0.230 e. The van der Waals surface area contributed by atoms with Crippen molar-refractivity contribution in [1.29, 1.82) is 0 Å². The van der Waals surface area contributed by atoms with Crippen LogP contribution < -0.4 is 5.73 Å². The van der Waals surface area contributed by atoms with Gasteiger partial charge in [-0.2, -0.15) is 16.7 Å². The van der Waals surface area contributed by atoms with Gasteiger partial charge in [-0.15, -0.1) is 0 Å². The van der Waals surface area contributed by atoms with Crippen LogP contribution in [0.15, 0.2) is 4.52 Å². The summed E-state index contributed by atoms with van der Waals surface area (Å²) in [7, 11) is 0. The van der Waals surface area contributed by atoms with E-state index in [1.54, 1.807) is 0 Å². The lowest BCUT2D eigenvalue weighted by atomic mass is 9.61. The van der Waals surface area contributed by atoms with E-state index >= 15 is 0 Å². The highest BCUT2D eigenvalue weighted by molar-refractivity contribution is 7.99. The van der Waals surface area contributed by atoms with E-state index in [0.717, 1.165) is 30.3 Å². The number of aromatic nitrogens is 2. The highest BCUT2D eigenvalue weighted by Gasteiger charge is 2.44. The van der Waals surface area contributed by atoms with Crippen molar-refractivity contribution in [3.8, 4) is 0 Å². The largest absolute Gasteiger partial charge is 0.339 e. The topological polar surface area (TPSA) is 64.9 Å². The quantitative estimate of drug-likeness (QED) is 0.891. The molecule has 1 aromatic heterocycles. The van der Waals surface area contributed by atoms with Gasteiger partial charge >= 0.3 is 0 Å². The van der Waals surface area contributed by atoms with Crippen molar-refractivity contribution in [3.63, 3.8) is 0 Å². The molecule has 120 valence electrons. The molecule has 1 aliphatic carbocycles. The summed E-state index contributed by atoms with van der Waals surface area (Å²) < 4.78 is 5.57. The maximum atomic E-state index is 6.23. The van der Waals surface area contributed by atoms with E-state index in [1.165, 1.54) is 6.42 Å². The molecule has 0 saturated heterocycles. The zero-order valence-electron chi connectivity index (χ0n) is 13.9. The Kier molecular flexibility index (Phi) is 5.36. The van der Waals surface area contributed by atoms with Gasteiger partial charge in [-0.3, -0.25) is 0 Å². The molecule has 5 heteroatoms. The lowest BCUT2D eigenvalue weighted by Gasteiger charge is -2.45. The number of nitrogens with two attached hydrogens (primary N) is 1. The highest BCUT2D eigenvalue weighted by Crippen LogP contribution is 2.49. The van der Waals surface area contributed by atoms with Gasteiger partial charge in [0.25, 0.3) is 0 Å². The number of thioether (sulfide) groups is 1. The highest BCUT2D eigenvalue weighted by atomic mass is 32.2. The van der Waals surface area contributed by atoms with Gasteiger partial charge in [0.1, 0.15) is 0 Å². The van der Waals surface area contributed by atoms with Gasteiger partial charge in [-0.25, -0.2) is 0 Å². The molecule has 0 spiro atoms. The van der Waals surface area contributed by atoms with Crippen LogP contribution in [0.1, 0.15) is 71.5 Å². The van der Waals surface area contributed by atoms with Crippen LogP contribution in [0.4, 0.5) is 0 Å². The van der Waals surface area contributed by atoms with E-state index in [9.17, 15) is 0 Å². The molecule has 0 amide bonds. The normalized spacial score (nSPS) is 30.3. The summed E-state index contributed by atoms with van der Waals surface area (Å²) in [5.41, 5.74) is 6.33. The van der Waals surface area contributed by atoms with Crippen molar-refractivity contribution < 1.29 is 4.52 Å². The van der Waals surface area contributed by atoms with Crippen LogP contribution in [-0.4, -0.2) is 21.4 Å². The van der Waals surface area contributed by atoms with E-state index in [-0.39, 0.29) is 11.5 Å². The summed E-state index contributed by atoms with van der Waals surface area (Å²) in [6.45, 7) is 11.2. The molecule has 1 saturated carbocycles. The summed E-state index contributed by atoms with van der Waals surface area (Å²) in [4.78, 5) is 4.66. The van der Waals surface area contributed by atoms with Crippen molar-refractivity contribution in [1.82, 2.24) is 10.1 Å². The Labute approximate surface area is 132 Å². The molecule has 0 radical (unpaired) electrons. The Morgan fingerprint density at radius 3 is 2.81 bits per heavy atom. The second-order valence-electron chi connectivity index (χ2n) is 6.98. The van der Waals surface area contributed by atoms with Crippen LogP contribution in [0.5, 0.6) is 0 Å². The molecule has 0 aliphatic heterocycles. The summed E-state index contributed by atoms with van der Waals surface area (Å²) in [6.07, 6.45) is 3.24. The molecular formula is C16H29N3OS. The van der Waals surface area contributed by atoms with Gasteiger partial charge in [0.15, 0.2) is 5.82 Å². The van der Waals surface area contributed by atoms with Gasteiger partial charge in [-0.1, -0.05) is 39.8 Å².